The molecular formula is C16H22N2O3. The van der Waals surface area contributed by atoms with Crippen molar-refractivity contribution >= 4 is 17.6 Å². The van der Waals surface area contributed by atoms with Gasteiger partial charge in [-0.1, -0.05) is 18.2 Å². The Kier molecular flexibility index (Phi) is 4.96. The lowest BCUT2D eigenvalue weighted by Crippen LogP contribution is -2.45. The van der Waals surface area contributed by atoms with Crippen molar-refractivity contribution in [3.63, 3.8) is 0 Å². The summed E-state index contributed by atoms with van der Waals surface area (Å²) in [5.74, 6) is -1.17. The molecule has 1 N–H and O–H groups in total. The third-order valence-electron chi connectivity index (χ3n) is 4.11. The van der Waals surface area contributed by atoms with Gasteiger partial charge in [-0.3, -0.25) is 14.5 Å². The van der Waals surface area contributed by atoms with Crippen LogP contribution in [-0.4, -0.2) is 47.1 Å². The summed E-state index contributed by atoms with van der Waals surface area (Å²) in [5, 5.41) is 9.05. The van der Waals surface area contributed by atoms with Gasteiger partial charge in [0.1, 0.15) is 6.54 Å². The highest BCUT2D eigenvalue weighted by Crippen LogP contribution is 2.24. The van der Waals surface area contributed by atoms with E-state index in [1.54, 1.807) is 24.3 Å². The molecule has 2 unspecified atom stereocenters. The summed E-state index contributed by atoms with van der Waals surface area (Å²) in [5.41, 5.74) is 0.629. The number of nitrogens with zero attached hydrogens (tertiary/aromatic N) is 2. The highest BCUT2D eigenvalue weighted by molar-refractivity contribution is 5.98. The molecule has 0 bridgehead atoms. The molecule has 0 aliphatic carbocycles. The summed E-state index contributed by atoms with van der Waals surface area (Å²) >= 11 is 0. The summed E-state index contributed by atoms with van der Waals surface area (Å²) in [6.07, 6.45) is 2.16. The summed E-state index contributed by atoms with van der Waals surface area (Å²) < 4.78 is 0. The zero-order valence-electron chi connectivity index (χ0n) is 12.5. The van der Waals surface area contributed by atoms with Gasteiger partial charge >= 0.3 is 5.97 Å². The molecule has 1 amide bonds. The quantitative estimate of drug-likeness (QED) is 0.900. The van der Waals surface area contributed by atoms with Crippen molar-refractivity contribution in [1.82, 2.24) is 4.90 Å². The summed E-state index contributed by atoms with van der Waals surface area (Å²) in [6, 6.07) is 9.71. The molecule has 2 rings (SSSR count). The van der Waals surface area contributed by atoms with Crippen LogP contribution in [0.2, 0.25) is 0 Å². The lowest BCUT2D eigenvalue weighted by atomic mass is 10.2. The zero-order valence-corrected chi connectivity index (χ0v) is 12.5. The third-order valence-corrected chi connectivity index (χ3v) is 4.11. The van der Waals surface area contributed by atoms with Gasteiger partial charge < -0.3 is 10.0 Å². The first kappa shape index (κ1) is 15.5. The lowest BCUT2D eigenvalue weighted by molar-refractivity contribution is -0.136. The first-order valence-electron chi connectivity index (χ1n) is 7.32. The molecule has 1 aliphatic rings. The van der Waals surface area contributed by atoms with Crippen LogP contribution in [0.15, 0.2) is 30.3 Å². The van der Waals surface area contributed by atoms with E-state index in [0.717, 1.165) is 12.8 Å². The van der Waals surface area contributed by atoms with E-state index in [2.05, 4.69) is 18.7 Å². The molecule has 0 saturated carbocycles. The third kappa shape index (κ3) is 3.82. The highest BCUT2D eigenvalue weighted by atomic mass is 16.4. The van der Waals surface area contributed by atoms with Gasteiger partial charge in [0.2, 0.25) is 5.91 Å². The van der Waals surface area contributed by atoms with Crippen molar-refractivity contribution < 1.29 is 14.7 Å². The van der Waals surface area contributed by atoms with E-state index in [0.29, 0.717) is 17.8 Å². The standard InChI is InChI=1S/C16H22N2O3/c1-12-8-9-13(2)17(12)10-15(19)18(11-16(20)21)14-6-4-3-5-7-14/h3-7,12-13H,8-11H2,1-2H3,(H,20,21). The van der Waals surface area contributed by atoms with Crippen LogP contribution in [0.1, 0.15) is 26.7 Å². The van der Waals surface area contributed by atoms with Crippen molar-refractivity contribution in [2.24, 2.45) is 0 Å². The van der Waals surface area contributed by atoms with Crippen molar-refractivity contribution in [2.75, 3.05) is 18.0 Å². The normalized spacial score (nSPS) is 22.2. The number of carboxylic acids is 1. The number of likely N-dealkylation sites (tertiary alicyclic amines) is 1. The molecule has 1 aliphatic heterocycles. The molecule has 21 heavy (non-hydrogen) atoms. The van der Waals surface area contributed by atoms with Gasteiger partial charge in [-0.2, -0.15) is 0 Å². The second-order valence-electron chi connectivity index (χ2n) is 5.66. The Balaban J connectivity index is 2.13. The van der Waals surface area contributed by atoms with Gasteiger partial charge in [-0.15, -0.1) is 0 Å². The number of carboxylic acid groups (broad SMARTS) is 1. The average molecular weight is 290 g/mol. The fraction of sp³-hybridized carbons (Fsp3) is 0.500. The Morgan fingerprint density at radius 3 is 2.29 bits per heavy atom. The molecule has 1 fully saturated rings. The second-order valence-corrected chi connectivity index (χ2v) is 5.66. The molecule has 5 heteroatoms. The molecule has 0 aromatic heterocycles. The molecule has 114 valence electrons. The number of carbonyl (C=O) groups is 2. The molecular weight excluding hydrogens is 268 g/mol. The Bertz CT molecular complexity index is 494. The van der Waals surface area contributed by atoms with E-state index in [1.807, 2.05) is 6.07 Å². The van der Waals surface area contributed by atoms with E-state index in [1.165, 1.54) is 4.90 Å². The van der Waals surface area contributed by atoms with Gasteiger partial charge in [0, 0.05) is 17.8 Å². The maximum atomic E-state index is 12.5. The molecule has 0 radical (unpaired) electrons. The van der Waals surface area contributed by atoms with Crippen molar-refractivity contribution in [2.45, 2.75) is 38.8 Å². The minimum atomic E-state index is -1.00. The van der Waals surface area contributed by atoms with Crippen LogP contribution < -0.4 is 4.90 Å². The number of hydrogen-bond acceptors (Lipinski definition) is 3. The Morgan fingerprint density at radius 1 is 1.19 bits per heavy atom. The van der Waals surface area contributed by atoms with Gasteiger partial charge in [-0.05, 0) is 38.8 Å². The molecule has 0 spiro atoms. The average Bonchev–Trinajstić information content (AvgIpc) is 2.77. The number of hydrogen-bond donors (Lipinski definition) is 1. The predicted octanol–water partition coefficient (Wildman–Crippen LogP) is 1.98. The summed E-state index contributed by atoms with van der Waals surface area (Å²) in [6.45, 7) is 4.19. The largest absolute Gasteiger partial charge is 0.480 e. The van der Waals surface area contributed by atoms with Crippen LogP contribution in [0.3, 0.4) is 0 Å². The Hall–Kier alpha value is -1.88. The maximum absolute atomic E-state index is 12.5. The molecule has 1 aromatic rings. The van der Waals surface area contributed by atoms with Crippen molar-refractivity contribution in [3.8, 4) is 0 Å². The SMILES string of the molecule is CC1CCC(C)N1CC(=O)N(CC(=O)O)c1ccccc1. The van der Waals surface area contributed by atoms with E-state index in [4.69, 9.17) is 5.11 Å². The number of benzene rings is 1. The minimum absolute atomic E-state index is 0.163. The van der Waals surface area contributed by atoms with Crippen LogP contribution in [-0.2, 0) is 9.59 Å². The topological polar surface area (TPSA) is 60.9 Å². The van der Waals surface area contributed by atoms with Gasteiger partial charge in [0.25, 0.3) is 0 Å². The fourth-order valence-electron chi connectivity index (χ4n) is 2.87. The number of aliphatic carboxylic acids is 1. The van der Waals surface area contributed by atoms with Crippen LogP contribution in [0, 0.1) is 0 Å². The monoisotopic (exact) mass is 290 g/mol. The summed E-state index contributed by atoms with van der Waals surface area (Å²) in [7, 11) is 0. The molecule has 5 nitrogen and oxygen atoms in total. The van der Waals surface area contributed by atoms with Crippen molar-refractivity contribution in [1.29, 1.82) is 0 Å². The van der Waals surface area contributed by atoms with Gasteiger partial charge in [0.05, 0.1) is 6.54 Å². The first-order valence-corrected chi connectivity index (χ1v) is 7.32. The highest BCUT2D eigenvalue weighted by Gasteiger charge is 2.30. The van der Waals surface area contributed by atoms with Crippen molar-refractivity contribution in [3.05, 3.63) is 30.3 Å². The number of para-hydroxylation sites is 1. The van der Waals surface area contributed by atoms with E-state index in [-0.39, 0.29) is 19.0 Å². The van der Waals surface area contributed by atoms with E-state index >= 15 is 0 Å². The molecule has 1 heterocycles. The minimum Gasteiger partial charge on any atom is -0.480 e. The fourth-order valence-corrected chi connectivity index (χ4v) is 2.87. The second kappa shape index (κ2) is 6.72. The van der Waals surface area contributed by atoms with E-state index < -0.39 is 5.97 Å². The van der Waals surface area contributed by atoms with Gasteiger partial charge in [-0.25, -0.2) is 0 Å². The Morgan fingerprint density at radius 2 is 1.76 bits per heavy atom. The van der Waals surface area contributed by atoms with Crippen LogP contribution in [0.5, 0.6) is 0 Å². The number of anilines is 1. The zero-order chi connectivity index (χ0) is 15.4. The Labute approximate surface area is 125 Å². The molecule has 2 atom stereocenters. The van der Waals surface area contributed by atoms with Crippen LogP contribution in [0.4, 0.5) is 5.69 Å². The number of rotatable bonds is 5. The number of carbonyl (C=O) groups excluding carboxylic acids is 1. The van der Waals surface area contributed by atoms with E-state index in [9.17, 15) is 9.59 Å². The smallest absolute Gasteiger partial charge is 0.323 e. The lowest BCUT2D eigenvalue weighted by Gasteiger charge is -2.29. The number of amides is 1. The van der Waals surface area contributed by atoms with Gasteiger partial charge in [0.15, 0.2) is 0 Å². The maximum Gasteiger partial charge on any atom is 0.323 e. The molecule has 1 saturated heterocycles. The predicted molar refractivity (Wildman–Crippen MR) is 81.3 cm³/mol. The van der Waals surface area contributed by atoms with Crippen LogP contribution in [0.25, 0.3) is 0 Å². The summed E-state index contributed by atoms with van der Waals surface area (Å²) in [4.78, 5) is 27.1. The van der Waals surface area contributed by atoms with Crippen LogP contribution >= 0.6 is 0 Å². The first-order chi connectivity index (χ1) is 9.99. The molecule has 1 aromatic carbocycles.